The highest BCUT2D eigenvalue weighted by atomic mass is 127. The summed E-state index contributed by atoms with van der Waals surface area (Å²) in [5.41, 5.74) is 6.86. The molecule has 2 heterocycles. The molecule has 0 spiro atoms. The zero-order chi connectivity index (χ0) is 42.9. The van der Waals surface area contributed by atoms with E-state index < -0.39 is 51.4 Å². The van der Waals surface area contributed by atoms with Crippen LogP contribution in [0, 0.1) is 27.6 Å². The Labute approximate surface area is 349 Å². The van der Waals surface area contributed by atoms with Crippen LogP contribution < -0.4 is 32.7 Å². The normalized spacial score (nSPS) is 18.0. The van der Waals surface area contributed by atoms with E-state index in [1.165, 1.54) is 0 Å². The summed E-state index contributed by atoms with van der Waals surface area (Å²) in [6, 6.07) is -0.100. The first-order chi connectivity index (χ1) is 26.6. The summed E-state index contributed by atoms with van der Waals surface area (Å²) in [4.78, 5) is 80.1. The maximum absolute atomic E-state index is 13.2. The van der Waals surface area contributed by atoms with Gasteiger partial charge in [0.2, 0.25) is 11.8 Å². The monoisotopic (exact) mass is 925 g/mol. The minimum absolute atomic E-state index is 0.00604. The van der Waals surface area contributed by atoms with Gasteiger partial charge in [0.15, 0.2) is 5.96 Å². The molecule has 57 heavy (non-hydrogen) atoms. The molecule has 3 atom stereocenters. The van der Waals surface area contributed by atoms with E-state index in [4.69, 9.17) is 39.9 Å². The quantitative estimate of drug-likeness (QED) is 0.00784. The van der Waals surface area contributed by atoms with Gasteiger partial charge in [-0.15, -0.1) is 0 Å². The number of ketones is 1. The van der Waals surface area contributed by atoms with Gasteiger partial charge in [-0.3, -0.25) is 33.8 Å². The lowest BCUT2D eigenvalue weighted by Crippen LogP contribution is -2.47. The van der Waals surface area contributed by atoms with Gasteiger partial charge < -0.3 is 61.2 Å². The number of amides is 2. The number of guanidine groups is 1. The number of Topliss-reactive ketones (excluding diaryl/α,β-unsaturated/α-hetero) is 1. The van der Waals surface area contributed by atoms with Gasteiger partial charge in [0, 0.05) is 44.7 Å². The summed E-state index contributed by atoms with van der Waals surface area (Å²) < 4.78 is 34.3. The third kappa shape index (κ3) is 18.5. The summed E-state index contributed by atoms with van der Waals surface area (Å²) in [7, 11) is 0. The molecule has 8 N–H and O–H groups in total. The van der Waals surface area contributed by atoms with Gasteiger partial charge in [-0.25, -0.2) is 0 Å². The van der Waals surface area contributed by atoms with E-state index in [0.29, 0.717) is 13.1 Å². The first-order valence-electron chi connectivity index (χ1n) is 19.0. The summed E-state index contributed by atoms with van der Waals surface area (Å²) >= 11 is 1.94. The predicted molar refractivity (Wildman–Crippen MR) is 217 cm³/mol. The van der Waals surface area contributed by atoms with Crippen LogP contribution in [-0.2, 0) is 57.2 Å². The number of carbonyl (C=O) groups is 6. The minimum Gasteiger partial charge on any atom is -0.464 e. The molecule has 2 fully saturated rings. The summed E-state index contributed by atoms with van der Waals surface area (Å²) in [5, 5.41) is 11.7. The summed E-state index contributed by atoms with van der Waals surface area (Å²) in [5.74, 6) is -3.23. The van der Waals surface area contributed by atoms with Crippen molar-refractivity contribution in [1.82, 2.24) is 21.3 Å². The molecule has 0 aromatic carbocycles. The number of ether oxygens (including phenoxy) is 6. The lowest BCUT2D eigenvalue weighted by molar-refractivity contribution is -0.178. The molecule has 0 radical (unpaired) electrons. The average molecular weight is 926 g/mol. The number of nitrogens with zero attached hydrogens (tertiary/aromatic N) is 1. The van der Waals surface area contributed by atoms with Crippen LogP contribution in [0.5, 0.6) is 0 Å². The second-order valence-corrected chi connectivity index (χ2v) is 17.3. The van der Waals surface area contributed by atoms with E-state index in [2.05, 4.69) is 26.3 Å². The van der Waals surface area contributed by atoms with Crippen LogP contribution in [0.3, 0.4) is 0 Å². The molecule has 0 aromatic heterocycles. The van der Waals surface area contributed by atoms with Crippen LogP contribution in [-0.4, -0.2) is 150 Å². The Morgan fingerprint density at radius 1 is 0.719 bits per heavy atom. The molecule has 19 nitrogen and oxygen atoms in total. The molecule has 0 aliphatic carbocycles. The highest BCUT2D eigenvalue weighted by molar-refractivity contribution is 14.1. The molecule has 326 valence electrons. The number of halogens is 1. The molecule has 20 heteroatoms. The summed E-state index contributed by atoms with van der Waals surface area (Å²) in [6.07, 6.45) is 0.0289. The lowest BCUT2D eigenvalue weighted by atomic mass is 9.87. The number of hydrogen-bond donors (Lipinski definition) is 6. The van der Waals surface area contributed by atoms with E-state index in [0.717, 1.165) is 0 Å². The first kappa shape index (κ1) is 50.0. The fourth-order valence-corrected chi connectivity index (χ4v) is 5.40. The SMILES string of the molecule is CC(C)(C)C(=O)OCC(COCC(=O)NCCOCCOCCNC(=O)C(CN=C(N)N)CC(=O)CI)(COC(=O)C(C)(C)C1CN1)COC(=O)C(C)(C)C1CN1. The average Bonchev–Trinajstić information content (AvgIpc) is 4.06. The maximum atomic E-state index is 13.2. The van der Waals surface area contributed by atoms with Crippen LogP contribution >= 0.6 is 22.6 Å². The van der Waals surface area contributed by atoms with Crippen molar-refractivity contribution in [3.8, 4) is 0 Å². The van der Waals surface area contributed by atoms with Crippen LogP contribution in [0.25, 0.3) is 0 Å². The zero-order valence-electron chi connectivity index (χ0n) is 34.4. The summed E-state index contributed by atoms with van der Waals surface area (Å²) in [6.45, 7) is 13.2. The first-order valence-corrected chi connectivity index (χ1v) is 20.6. The van der Waals surface area contributed by atoms with E-state index >= 15 is 0 Å². The number of hydrogen-bond acceptors (Lipinski definition) is 15. The Morgan fingerprint density at radius 2 is 1.19 bits per heavy atom. The van der Waals surface area contributed by atoms with E-state index in [1.54, 1.807) is 48.5 Å². The van der Waals surface area contributed by atoms with Crippen molar-refractivity contribution in [2.45, 2.75) is 67.0 Å². The van der Waals surface area contributed by atoms with Crippen molar-refractivity contribution < 1.29 is 57.2 Å². The number of aliphatic imine (C=N–C) groups is 1. The van der Waals surface area contributed by atoms with Crippen molar-refractivity contribution in [3.63, 3.8) is 0 Å². The Morgan fingerprint density at radius 3 is 1.63 bits per heavy atom. The smallest absolute Gasteiger partial charge is 0.313 e. The number of rotatable bonds is 29. The lowest BCUT2D eigenvalue weighted by Gasteiger charge is -2.35. The molecule has 0 bridgehead atoms. The largest absolute Gasteiger partial charge is 0.464 e. The Bertz CT molecular complexity index is 1350. The zero-order valence-corrected chi connectivity index (χ0v) is 36.6. The van der Waals surface area contributed by atoms with Gasteiger partial charge >= 0.3 is 17.9 Å². The molecule has 0 saturated carbocycles. The third-order valence-corrected chi connectivity index (χ3v) is 10.2. The van der Waals surface area contributed by atoms with Crippen molar-refractivity contribution in [2.75, 3.05) is 96.6 Å². The van der Waals surface area contributed by atoms with Crippen molar-refractivity contribution in [1.29, 1.82) is 0 Å². The van der Waals surface area contributed by atoms with Crippen LogP contribution in [0.15, 0.2) is 4.99 Å². The molecule has 0 aromatic rings. The molecule has 2 aliphatic heterocycles. The fourth-order valence-electron chi connectivity index (χ4n) is 5.09. The Kier molecular flexibility index (Phi) is 20.5. The Hall–Kier alpha value is -3.18. The van der Waals surface area contributed by atoms with Gasteiger partial charge in [-0.2, -0.15) is 0 Å². The fraction of sp³-hybridized carbons (Fsp3) is 0.811. The van der Waals surface area contributed by atoms with Crippen molar-refractivity contribution in [3.05, 3.63) is 0 Å². The maximum Gasteiger partial charge on any atom is 0.313 e. The Balaban J connectivity index is 1.86. The van der Waals surface area contributed by atoms with Crippen LogP contribution in [0.2, 0.25) is 0 Å². The molecular formula is C37H64IN7O12. The minimum atomic E-state index is -1.33. The number of esters is 3. The van der Waals surface area contributed by atoms with E-state index in [9.17, 15) is 28.8 Å². The van der Waals surface area contributed by atoms with Crippen molar-refractivity contribution >= 4 is 64.1 Å². The van der Waals surface area contributed by atoms with E-state index in [-0.39, 0.29) is 120 Å². The van der Waals surface area contributed by atoms with Crippen molar-refractivity contribution in [2.24, 2.45) is 44.0 Å². The number of carbonyl (C=O) groups excluding carboxylic acids is 6. The van der Waals surface area contributed by atoms with Crippen LogP contribution in [0.4, 0.5) is 0 Å². The van der Waals surface area contributed by atoms with E-state index in [1.807, 2.05) is 22.6 Å². The van der Waals surface area contributed by atoms with Gasteiger partial charge in [-0.05, 0) is 48.5 Å². The highest BCUT2D eigenvalue weighted by Crippen LogP contribution is 2.32. The molecule has 2 saturated heterocycles. The third-order valence-electron chi connectivity index (χ3n) is 9.37. The molecule has 2 aliphatic rings. The topological polar surface area (TPSA) is 290 Å². The van der Waals surface area contributed by atoms with Crippen LogP contribution in [0.1, 0.15) is 54.9 Å². The molecule has 2 amide bonds. The predicted octanol–water partition coefficient (Wildman–Crippen LogP) is -0.789. The number of alkyl halides is 1. The molecular weight excluding hydrogens is 861 g/mol. The van der Waals surface area contributed by atoms with Gasteiger partial charge in [0.05, 0.1) is 71.6 Å². The highest BCUT2D eigenvalue weighted by Gasteiger charge is 2.48. The second kappa shape index (κ2) is 23.4. The molecule has 2 rings (SSSR count). The van der Waals surface area contributed by atoms with Gasteiger partial charge in [-0.1, -0.05) is 22.6 Å². The second-order valence-electron chi connectivity index (χ2n) is 16.5. The standard InChI is InChI=1S/C37H64IN7O12/c1-34(2,3)30(49)55-21-37(22-56-31(50)35(4,5)26-17-43-26,23-57-32(51)36(6,7)27-18-44-27)20-54-19-28(47)41-8-10-52-12-13-53-11-9-42-29(48)24(14-25(46)15-38)16-45-33(39)40/h24,26-27,43-44H,8-23H2,1-7H3,(H,41,47)(H,42,48)(H4,39,40,45). The van der Waals surface area contributed by atoms with Gasteiger partial charge in [0.25, 0.3) is 0 Å². The number of nitrogens with two attached hydrogens (primary N) is 2. The van der Waals surface area contributed by atoms with Gasteiger partial charge in [0.1, 0.15) is 32.2 Å². The number of nitrogens with one attached hydrogen (secondary N) is 4. The molecule has 3 unspecified atom stereocenters.